The van der Waals surface area contributed by atoms with Crippen molar-refractivity contribution in [2.24, 2.45) is 0 Å². The zero-order valence-corrected chi connectivity index (χ0v) is 11.3. The second-order valence-electron chi connectivity index (χ2n) is 3.34. The predicted octanol–water partition coefficient (Wildman–Crippen LogP) is 4.27. The van der Waals surface area contributed by atoms with E-state index in [0.717, 1.165) is 14.9 Å². The number of halogens is 2. The van der Waals surface area contributed by atoms with Gasteiger partial charge >= 0.3 is 0 Å². The van der Waals surface area contributed by atoms with Gasteiger partial charge in [-0.05, 0) is 52.9 Å². The van der Waals surface area contributed by atoms with Crippen molar-refractivity contribution >= 4 is 51.3 Å². The molecule has 3 N–H and O–H groups in total. The van der Waals surface area contributed by atoms with Crippen LogP contribution in [-0.4, -0.2) is 0 Å². The Hall–Kier alpha value is -0.940. The summed E-state index contributed by atoms with van der Waals surface area (Å²) in [7, 11) is 0. The largest absolute Gasteiger partial charge is 0.397 e. The lowest BCUT2D eigenvalue weighted by molar-refractivity contribution is 1.53. The highest BCUT2D eigenvalue weighted by Gasteiger charge is 2.02. The van der Waals surface area contributed by atoms with Gasteiger partial charge in [-0.15, -0.1) is 0 Å². The number of nitrogens with two attached hydrogens (primary N) is 1. The maximum Gasteiger partial charge on any atom is 0.0640 e. The van der Waals surface area contributed by atoms with Gasteiger partial charge in [0.05, 0.1) is 22.1 Å². The molecule has 2 aromatic carbocycles. The van der Waals surface area contributed by atoms with E-state index in [2.05, 4.69) is 27.9 Å². The van der Waals surface area contributed by atoms with E-state index in [9.17, 15) is 0 Å². The summed E-state index contributed by atoms with van der Waals surface area (Å²) in [5.74, 6) is 0. The Labute approximate surface area is 113 Å². The molecule has 0 radical (unpaired) electrons. The Morgan fingerprint density at radius 1 is 1.06 bits per heavy atom. The first-order valence-electron chi connectivity index (χ1n) is 4.73. The van der Waals surface area contributed by atoms with E-state index in [-0.39, 0.29) is 0 Å². The maximum atomic E-state index is 6.05. The maximum absolute atomic E-state index is 6.05. The van der Waals surface area contributed by atoms with Crippen LogP contribution in [0.2, 0.25) is 5.02 Å². The minimum atomic E-state index is 0.681. The van der Waals surface area contributed by atoms with Crippen molar-refractivity contribution in [2.75, 3.05) is 11.1 Å². The fraction of sp³-hybridized carbons (Fsp3) is 0. The van der Waals surface area contributed by atoms with Crippen LogP contribution >= 0.6 is 34.2 Å². The first kappa shape index (κ1) is 11.5. The molecule has 2 aromatic rings. The Morgan fingerprint density at radius 2 is 1.81 bits per heavy atom. The van der Waals surface area contributed by atoms with E-state index in [1.54, 1.807) is 0 Å². The molecule has 0 aliphatic carbocycles. The average molecular weight is 345 g/mol. The monoisotopic (exact) mass is 344 g/mol. The SMILES string of the molecule is Nc1cc(I)ccc1Nc1ccccc1Cl. The van der Waals surface area contributed by atoms with Crippen molar-refractivity contribution in [3.8, 4) is 0 Å². The lowest BCUT2D eigenvalue weighted by Crippen LogP contribution is -1.96. The van der Waals surface area contributed by atoms with Gasteiger partial charge in [0.15, 0.2) is 0 Å². The molecule has 0 aliphatic rings. The fourth-order valence-corrected chi connectivity index (χ4v) is 2.05. The topological polar surface area (TPSA) is 38.0 Å². The van der Waals surface area contributed by atoms with Crippen molar-refractivity contribution < 1.29 is 0 Å². The molecule has 0 saturated carbocycles. The molecule has 0 heterocycles. The molecule has 2 nitrogen and oxygen atoms in total. The van der Waals surface area contributed by atoms with Crippen LogP contribution in [0.15, 0.2) is 42.5 Å². The number of nitrogen functional groups attached to an aromatic ring is 1. The second-order valence-corrected chi connectivity index (χ2v) is 4.99. The number of hydrogen-bond acceptors (Lipinski definition) is 2. The van der Waals surface area contributed by atoms with Crippen LogP contribution in [-0.2, 0) is 0 Å². The van der Waals surface area contributed by atoms with Crippen LogP contribution in [0.4, 0.5) is 17.1 Å². The van der Waals surface area contributed by atoms with Gasteiger partial charge in [-0.1, -0.05) is 23.7 Å². The average Bonchev–Trinajstić information content (AvgIpc) is 2.25. The molecule has 0 unspecified atom stereocenters. The summed E-state index contributed by atoms with van der Waals surface area (Å²) in [5, 5.41) is 3.89. The molecule has 0 saturated heterocycles. The molecular formula is C12H10ClIN2. The first-order chi connectivity index (χ1) is 7.66. The smallest absolute Gasteiger partial charge is 0.0640 e. The number of anilines is 3. The number of hydrogen-bond donors (Lipinski definition) is 2. The third-order valence-corrected chi connectivity index (χ3v) is 3.16. The van der Waals surface area contributed by atoms with Crippen LogP contribution < -0.4 is 11.1 Å². The molecule has 0 aromatic heterocycles. The Balaban J connectivity index is 2.31. The lowest BCUT2D eigenvalue weighted by Gasteiger charge is -2.10. The minimum absolute atomic E-state index is 0.681. The highest BCUT2D eigenvalue weighted by Crippen LogP contribution is 2.28. The van der Waals surface area contributed by atoms with Crippen molar-refractivity contribution in [3.63, 3.8) is 0 Å². The zero-order chi connectivity index (χ0) is 11.5. The van der Waals surface area contributed by atoms with E-state index in [1.165, 1.54) is 0 Å². The number of benzene rings is 2. The van der Waals surface area contributed by atoms with Gasteiger partial charge in [0.2, 0.25) is 0 Å². The Kier molecular flexibility index (Phi) is 3.56. The van der Waals surface area contributed by atoms with Crippen LogP contribution in [0.25, 0.3) is 0 Å². The highest BCUT2D eigenvalue weighted by atomic mass is 127. The highest BCUT2D eigenvalue weighted by molar-refractivity contribution is 14.1. The van der Waals surface area contributed by atoms with E-state index in [4.69, 9.17) is 17.3 Å². The third kappa shape index (κ3) is 2.59. The Bertz CT molecular complexity index is 514. The predicted molar refractivity (Wildman–Crippen MR) is 78.3 cm³/mol. The van der Waals surface area contributed by atoms with Crippen molar-refractivity contribution in [2.45, 2.75) is 0 Å². The summed E-state index contributed by atoms with van der Waals surface area (Å²) < 4.78 is 1.11. The molecular weight excluding hydrogens is 335 g/mol. The van der Waals surface area contributed by atoms with Crippen LogP contribution in [0, 0.1) is 3.57 Å². The van der Waals surface area contributed by atoms with E-state index >= 15 is 0 Å². The van der Waals surface area contributed by atoms with Gasteiger partial charge in [-0.2, -0.15) is 0 Å². The van der Waals surface area contributed by atoms with Gasteiger partial charge in [0.25, 0.3) is 0 Å². The molecule has 0 bridgehead atoms. The second kappa shape index (κ2) is 4.93. The summed E-state index contributed by atoms with van der Waals surface area (Å²) in [4.78, 5) is 0. The molecule has 0 spiro atoms. The Morgan fingerprint density at radius 3 is 2.50 bits per heavy atom. The van der Waals surface area contributed by atoms with Gasteiger partial charge in [0, 0.05) is 3.57 Å². The first-order valence-corrected chi connectivity index (χ1v) is 6.19. The van der Waals surface area contributed by atoms with E-state index in [1.807, 2.05) is 42.5 Å². The van der Waals surface area contributed by atoms with Crippen LogP contribution in [0.1, 0.15) is 0 Å². The molecule has 0 atom stereocenters. The minimum Gasteiger partial charge on any atom is -0.397 e. The summed E-state index contributed by atoms with van der Waals surface area (Å²) in [6, 6.07) is 13.4. The number of para-hydroxylation sites is 1. The quantitative estimate of drug-likeness (QED) is 0.631. The molecule has 2 rings (SSSR count). The van der Waals surface area contributed by atoms with Gasteiger partial charge in [0.1, 0.15) is 0 Å². The van der Waals surface area contributed by atoms with Crippen molar-refractivity contribution in [3.05, 3.63) is 51.1 Å². The molecule has 0 amide bonds. The number of rotatable bonds is 2. The molecule has 0 fully saturated rings. The van der Waals surface area contributed by atoms with E-state index in [0.29, 0.717) is 10.7 Å². The van der Waals surface area contributed by atoms with Gasteiger partial charge in [-0.3, -0.25) is 0 Å². The molecule has 16 heavy (non-hydrogen) atoms. The molecule has 4 heteroatoms. The molecule has 82 valence electrons. The normalized spacial score (nSPS) is 10.1. The summed E-state index contributed by atoms with van der Waals surface area (Å²) in [6.45, 7) is 0. The lowest BCUT2D eigenvalue weighted by atomic mass is 10.2. The fourth-order valence-electron chi connectivity index (χ4n) is 1.36. The summed E-state index contributed by atoms with van der Waals surface area (Å²) in [5.41, 5.74) is 8.35. The van der Waals surface area contributed by atoms with E-state index < -0.39 is 0 Å². The third-order valence-electron chi connectivity index (χ3n) is 2.16. The van der Waals surface area contributed by atoms with Crippen molar-refractivity contribution in [1.82, 2.24) is 0 Å². The molecule has 0 aliphatic heterocycles. The summed E-state index contributed by atoms with van der Waals surface area (Å²) >= 11 is 8.28. The van der Waals surface area contributed by atoms with Crippen LogP contribution in [0.3, 0.4) is 0 Å². The zero-order valence-electron chi connectivity index (χ0n) is 8.37. The summed E-state index contributed by atoms with van der Waals surface area (Å²) in [6.07, 6.45) is 0. The standard InChI is InChI=1S/C12H10ClIN2/c13-9-3-1-2-4-11(9)16-12-6-5-8(14)7-10(12)15/h1-7,16H,15H2. The van der Waals surface area contributed by atoms with Crippen molar-refractivity contribution in [1.29, 1.82) is 0 Å². The number of nitrogens with one attached hydrogen (secondary N) is 1. The van der Waals surface area contributed by atoms with Crippen LogP contribution in [0.5, 0.6) is 0 Å². The van der Waals surface area contributed by atoms with Gasteiger partial charge < -0.3 is 11.1 Å². The van der Waals surface area contributed by atoms with Gasteiger partial charge in [-0.25, -0.2) is 0 Å².